The Hall–Kier alpha value is -10.7. The van der Waals surface area contributed by atoms with Crippen molar-refractivity contribution < 1.29 is 0 Å². The zero-order valence-corrected chi connectivity index (χ0v) is 57.1. The zero-order chi connectivity index (χ0) is 65.8. The molecule has 0 nitrogen and oxygen atoms in total. The number of rotatable bonds is 0. The highest BCUT2D eigenvalue weighted by molar-refractivity contribution is 5.95. The highest BCUT2D eigenvalue weighted by atomic mass is 14.3. The maximum absolute atomic E-state index is 2.46. The highest BCUT2D eigenvalue weighted by Gasteiger charge is 2.31. The van der Waals surface area contributed by atoms with Crippen LogP contribution in [0.5, 0.6) is 0 Å². The van der Waals surface area contributed by atoms with Crippen LogP contribution < -0.4 is 0 Å². The molecule has 0 atom stereocenters. The lowest BCUT2D eigenvalue weighted by Gasteiger charge is -2.10. The molecular formula is C100H80. The molecular weight excluding hydrogens is 1200 g/mol. The SMILES string of the molecule is C1=Cc2c(ccc3c2Cc2ccccc2-3)C1.C1=Cc2ccc3c(c2C1)Cc1ccccc1-3.c1ccc2c(c1)Cc1c-2ccc2c1CCC2.c1ccc2c(c1)Cc1cc3c(cc1-2)CCC3.c1ccc2c(c1)Cc1ccc3c(c1-2)-c1ccccc1C3.c1ccc2c(c1)Cc1ccc3c(c1-2)CCC3. The standard InChI is InChI=1S/C20H14.3C16H14.2C16H12/c1-3-7-17-13(5-1)11-15-9-10-16-12-14-6-2-4-8-18(14)20(16)19(15)17;1-2-7-15-13(4-1)9-14-8-11-5-3-6-12(11)10-16(14)15;1-2-6-15-12(4-1)10-13-9-8-11-5-3-7-14(11)16(13)15;3*1-2-6-14-12(4-1)10-16-13-7-3-5-11(13)8-9-15(14)16/h1-10H,11-12H2;1-2,4,7-8,10H,3,5-6,9H2;2*1-2,4,6,8-9H,3,5,7,10H2;1-4,6-9H,5,10H2;1-6,8-9H,7,10H2. The summed E-state index contributed by atoms with van der Waals surface area (Å²) in [7, 11) is 0. The summed E-state index contributed by atoms with van der Waals surface area (Å²) in [6.07, 6.45) is 30.9. The fraction of sp³-hybridized carbons (Fsp3) is 0.180. The van der Waals surface area contributed by atoms with Crippen LogP contribution in [0.2, 0.25) is 0 Å². The summed E-state index contributed by atoms with van der Waals surface area (Å²) in [5.74, 6) is 0. The maximum Gasteiger partial charge on any atom is -0.000740 e. The number of allylic oxidation sites excluding steroid dienone is 2. The van der Waals surface area contributed by atoms with Crippen molar-refractivity contribution in [3.8, 4) is 77.9 Å². The normalized spacial score (nSPS) is 15.0. The van der Waals surface area contributed by atoms with Gasteiger partial charge in [0.05, 0.1) is 0 Å². The second-order valence-corrected chi connectivity index (χ2v) is 29.8. The summed E-state index contributed by atoms with van der Waals surface area (Å²) >= 11 is 0. The minimum absolute atomic E-state index is 1.08. The van der Waals surface area contributed by atoms with E-state index in [0.717, 1.165) is 57.8 Å². The first-order valence-corrected chi connectivity index (χ1v) is 37.3. The fourth-order valence-electron chi connectivity index (χ4n) is 19.7. The zero-order valence-electron chi connectivity index (χ0n) is 57.1. The molecule has 0 saturated heterocycles. The van der Waals surface area contributed by atoms with Crippen LogP contribution in [0.3, 0.4) is 0 Å². The molecule has 12 aliphatic rings. The van der Waals surface area contributed by atoms with Crippen LogP contribution in [0, 0.1) is 0 Å². The van der Waals surface area contributed by atoms with Crippen LogP contribution in [0.25, 0.3) is 90.0 Å². The van der Waals surface area contributed by atoms with E-state index in [4.69, 9.17) is 0 Å². The lowest BCUT2D eigenvalue weighted by atomic mass is 9.94. The Morgan fingerprint density at radius 3 is 1.13 bits per heavy atom. The Kier molecular flexibility index (Phi) is 14.6. The molecule has 0 fully saturated rings. The van der Waals surface area contributed by atoms with Crippen LogP contribution >= 0.6 is 0 Å². The van der Waals surface area contributed by atoms with Gasteiger partial charge in [-0.3, -0.25) is 0 Å². The van der Waals surface area contributed by atoms with Crippen LogP contribution in [0.4, 0.5) is 0 Å². The summed E-state index contributed by atoms with van der Waals surface area (Å²) in [4.78, 5) is 0. The third-order valence-corrected chi connectivity index (χ3v) is 24.3. The molecule has 0 bridgehead atoms. The minimum atomic E-state index is 1.08. The molecule has 0 heterocycles. The second-order valence-electron chi connectivity index (χ2n) is 29.8. The molecule has 0 heteroatoms. The van der Waals surface area contributed by atoms with Gasteiger partial charge in [-0.2, -0.15) is 0 Å². The molecule has 13 aromatic carbocycles. The first-order chi connectivity index (χ1) is 49.6. The predicted octanol–water partition coefficient (Wildman–Crippen LogP) is 23.7. The molecule has 0 radical (unpaired) electrons. The Balaban J connectivity index is 0.0000000811. The van der Waals surface area contributed by atoms with Crippen LogP contribution in [0.15, 0.2) is 255 Å². The van der Waals surface area contributed by atoms with Gasteiger partial charge in [0.15, 0.2) is 0 Å². The number of hydrogen-bond acceptors (Lipinski definition) is 0. The van der Waals surface area contributed by atoms with E-state index in [9.17, 15) is 0 Å². The molecule has 0 N–H and O–H groups in total. The van der Waals surface area contributed by atoms with E-state index in [1.165, 1.54) is 202 Å². The quantitative estimate of drug-likeness (QED) is 0.142. The van der Waals surface area contributed by atoms with E-state index in [1.807, 2.05) is 0 Å². The smallest absolute Gasteiger partial charge is 0.000740 e. The van der Waals surface area contributed by atoms with E-state index < -0.39 is 0 Å². The lowest BCUT2D eigenvalue weighted by molar-refractivity contribution is 0.908. The van der Waals surface area contributed by atoms with Gasteiger partial charge in [-0.25, -0.2) is 0 Å². The summed E-state index contributed by atoms with van der Waals surface area (Å²) in [5.41, 5.74) is 57.5. The van der Waals surface area contributed by atoms with E-state index in [-0.39, 0.29) is 0 Å². The van der Waals surface area contributed by atoms with Crippen molar-refractivity contribution in [2.75, 3.05) is 0 Å². The molecule has 12 aliphatic carbocycles. The summed E-state index contributed by atoms with van der Waals surface area (Å²) < 4.78 is 0. The van der Waals surface area contributed by atoms with Crippen molar-refractivity contribution in [3.05, 3.63) is 388 Å². The number of benzene rings is 13. The molecule has 0 saturated carbocycles. The monoisotopic (exact) mass is 1280 g/mol. The van der Waals surface area contributed by atoms with Crippen LogP contribution in [-0.4, -0.2) is 0 Å². The first-order valence-electron chi connectivity index (χ1n) is 37.3. The second kappa shape index (κ2) is 24.7. The van der Waals surface area contributed by atoms with E-state index in [0.29, 0.717) is 0 Å². The fourth-order valence-corrected chi connectivity index (χ4v) is 19.7. The molecule has 13 aromatic rings. The molecule has 0 aliphatic heterocycles. The van der Waals surface area contributed by atoms with Gasteiger partial charge in [-0.05, 0) is 327 Å². The molecule has 0 amide bonds. The minimum Gasteiger partial charge on any atom is -0.0795 e. The van der Waals surface area contributed by atoms with Gasteiger partial charge in [0.1, 0.15) is 0 Å². The van der Waals surface area contributed by atoms with E-state index in [2.05, 4.69) is 267 Å². The van der Waals surface area contributed by atoms with Crippen molar-refractivity contribution in [1.82, 2.24) is 0 Å². The molecule has 480 valence electrons. The van der Waals surface area contributed by atoms with Gasteiger partial charge in [0.2, 0.25) is 0 Å². The van der Waals surface area contributed by atoms with Gasteiger partial charge in [0.25, 0.3) is 0 Å². The summed E-state index contributed by atoms with van der Waals surface area (Å²) in [6, 6.07) is 89.9. The Labute approximate surface area is 590 Å². The van der Waals surface area contributed by atoms with Gasteiger partial charge in [-0.1, -0.05) is 267 Å². The average Bonchev–Trinajstić information content (AvgIpc) is 1.60. The Morgan fingerprint density at radius 2 is 0.550 bits per heavy atom. The van der Waals surface area contributed by atoms with Crippen LogP contribution in [-0.2, 0) is 96.3 Å². The van der Waals surface area contributed by atoms with E-state index >= 15 is 0 Å². The van der Waals surface area contributed by atoms with Crippen molar-refractivity contribution in [3.63, 3.8) is 0 Å². The van der Waals surface area contributed by atoms with Gasteiger partial charge in [0, 0.05) is 0 Å². The number of fused-ring (bicyclic) bond motifs is 31. The predicted molar refractivity (Wildman–Crippen MR) is 418 cm³/mol. The number of hydrogen-bond donors (Lipinski definition) is 0. The van der Waals surface area contributed by atoms with Crippen LogP contribution in [0.1, 0.15) is 153 Å². The summed E-state index contributed by atoms with van der Waals surface area (Å²) in [5, 5.41) is 0. The third-order valence-electron chi connectivity index (χ3n) is 24.3. The molecule has 0 spiro atoms. The maximum atomic E-state index is 2.46. The summed E-state index contributed by atoms with van der Waals surface area (Å²) in [6.45, 7) is 0. The number of aryl methyl sites for hydroxylation is 4. The highest BCUT2D eigenvalue weighted by Crippen LogP contribution is 2.51. The average molecular weight is 1280 g/mol. The topological polar surface area (TPSA) is 0 Å². The molecule has 100 heavy (non-hydrogen) atoms. The molecule has 0 aromatic heterocycles. The van der Waals surface area contributed by atoms with Gasteiger partial charge in [-0.15, -0.1) is 0 Å². The third kappa shape index (κ3) is 10.1. The Morgan fingerprint density at radius 1 is 0.180 bits per heavy atom. The Bertz CT molecular complexity index is 5460. The van der Waals surface area contributed by atoms with Gasteiger partial charge >= 0.3 is 0 Å². The molecule has 25 rings (SSSR count). The van der Waals surface area contributed by atoms with Crippen molar-refractivity contribution >= 4 is 12.2 Å². The van der Waals surface area contributed by atoms with Gasteiger partial charge < -0.3 is 0 Å². The lowest BCUT2D eigenvalue weighted by Crippen LogP contribution is -1.91. The molecule has 0 unspecified atom stereocenters. The first kappa shape index (κ1) is 59.4. The largest absolute Gasteiger partial charge is 0.0795 e. The van der Waals surface area contributed by atoms with Crippen molar-refractivity contribution in [1.29, 1.82) is 0 Å². The van der Waals surface area contributed by atoms with Crippen molar-refractivity contribution in [2.24, 2.45) is 0 Å². The van der Waals surface area contributed by atoms with Crippen molar-refractivity contribution in [2.45, 2.75) is 116 Å². The van der Waals surface area contributed by atoms with E-state index in [1.54, 1.807) is 66.8 Å².